The lowest BCUT2D eigenvalue weighted by atomic mass is 10.5. The number of amides is 2. The summed E-state index contributed by atoms with van der Waals surface area (Å²) in [6, 6.07) is 0. The summed E-state index contributed by atoms with van der Waals surface area (Å²) >= 11 is 0. The molecular weight excluding hydrogens is 180 g/mol. The first-order chi connectivity index (χ1) is 6.70. The van der Waals surface area contributed by atoms with E-state index < -0.39 is 11.8 Å². The summed E-state index contributed by atoms with van der Waals surface area (Å²) in [4.78, 5) is 21.7. The van der Waals surface area contributed by atoms with E-state index in [0.717, 1.165) is 0 Å². The largest absolute Gasteiger partial charge is 0.342 e. The van der Waals surface area contributed by atoms with Crippen molar-refractivity contribution in [2.45, 2.75) is 0 Å². The number of hydrogen-bond donors (Lipinski definition) is 2. The summed E-state index contributed by atoms with van der Waals surface area (Å²) in [5, 5.41) is 4.83. The Balaban J connectivity index is 3.89. The van der Waals surface area contributed by atoms with Gasteiger partial charge in [-0.3, -0.25) is 9.59 Å². The van der Waals surface area contributed by atoms with Gasteiger partial charge < -0.3 is 10.6 Å². The minimum absolute atomic E-state index is 0.335. The average Bonchev–Trinajstić information content (AvgIpc) is 2.20. The molecule has 0 saturated carbocycles. The molecule has 0 fully saturated rings. The van der Waals surface area contributed by atoms with E-state index in [1.54, 1.807) is 0 Å². The molecular formula is C10H12N2O2. The molecule has 0 aromatic carbocycles. The zero-order valence-corrected chi connectivity index (χ0v) is 7.80. The van der Waals surface area contributed by atoms with Gasteiger partial charge in [0.05, 0.1) is 0 Å². The Bertz CT molecular complexity index is 269. The van der Waals surface area contributed by atoms with Gasteiger partial charge in [0.2, 0.25) is 0 Å². The molecule has 2 N–H and O–H groups in total. The van der Waals surface area contributed by atoms with Gasteiger partial charge in [-0.2, -0.15) is 0 Å². The Labute approximate surface area is 83.1 Å². The molecule has 2 amide bonds. The lowest BCUT2D eigenvalue weighted by molar-refractivity contribution is -0.117. The van der Waals surface area contributed by atoms with Crippen LogP contribution in [-0.4, -0.2) is 24.9 Å². The van der Waals surface area contributed by atoms with E-state index in [0.29, 0.717) is 13.1 Å². The quantitative estimate of drug-likeness (QED) is 0.470. The van der Waals surface area contributed by atoms with Gasteiger partial charge in [0.15, 0.2) is 0 Å². The summed E-state index contributed by atoms with van der Waals surface area (Å²) in [6.45, 7) is 7.50. The van der Waals surface area contributed by atoms with Crippen molar-refractivity contribution in [1.29, 1.82) is 0 Å². The number of carbonyl (C=O) groups is 2. The molecule has 0 aliphatic rings. The average molecular weight is 192 g/mol. The molecule has 74 valence electrons. The topological polar surface area (TPSA) is 58.2 Å². The molecule has 14 heavy (non-hydrogen) atoms. The monoisotopic (exact) mass is 192 g/mol. The van der Waals surface area contributed by atoms with E-state index in [1.807, 2.05) is 0 Å². The Kier molecular flexibility index (Phi) is 6.52. The summed E-state index contributed by atoms with van der Waals surface area (Å²) in [6.07, 6.45) is 3.05. The first-order valence-electron chi connectivity index (χ1n) is 4.00. The van der Waals surface area contributed by atoms with Gasteiger partial charge in [0, 0.05) is 24.9 Å². The number of carbonyl (C=O) groups excluding carboxylic acids is 2. The van der Waals surface area contributed by atoms with Crippen molar-refractivity contribution >= 4 is 11.8 Å². The maximum Gasteiger partial charge on any atom is 0.296 e. The van der Waals surface area contributed by atoms with Crippen molar-refractivity contribution in [2.75, 3.05) is 13.1 Å². The van der Waals surface area contributed by atoms with Crippen molar-refractivity contribution in [2.24, 2.45) is 0 Å². The highest BCUT2D eigenvalue weighted by Crippen LogP contribution is 1.67. The SMILES string of the molecule is C=CCNC(=O)C#CC(=O)NCC=C. The summed E-state index contributed by atoms with van der Waals surface area (Å²) in [7, 11) is 0. The van der Waals surface area contributed by atoms with Crippen molar-refractivity contribution in [1.82, 2.24) is 10.6 Å². The molecule has 0 heterocycles. The van der Waals surface area contributed by atoms with E-state index in [9.17, 15) is 9.59 Å². The Morgan fingerprint density at radius 2 is 1.36 bits per heavy atom. The highest BCUT2D eigenvalue weighted by Gasteiger charge is 1.94. The van der Waals surface area contributed by atoms with Gasteiger partial charge in [-0.1, -0.05) is 12.2 Å². The van der Waals surface area contributed by atoms with Gasteiger partial charge in [0.25, 0.3) is 11.8 Å². The normalized spacial score (nSPS) is 7.71. The second-order valence-corrected chi connectivity index (χ2v) is 2.25. The molecule has 0 bridgehead atoms. The van der Waals surface area contributed by atoms with Gasteiger partial charge in [-0.05, 0) is 0 Å². The zero-order valence-electron chi connectivity index (χ0n) is 7.80. The third-order valence-electron chi connectivity index (χ3n) is 1.10. The van der Waals surface area contributed by atoms with Gasteiger partial charge in [-0.15, -0.1) is 13.2 Å². The summed E-state index contributed by atoms with van der Waals surface area (Å²) < 4.78 is 0. The lowest BCUT2D eigenvalue weighted by Gasteiger charge is -1.93. The first-order valence-corrected chi connectivity index (χ1v) is 4.00. The minimum Gasteiger partial charge on any atom is -0.342 e. The van der Waals surface area contributed by atoms with Gasteiger partial charge in [-0.25, -0.2) is 0 Å². The van der Waals surface area contributed by atoms with E-state index in [1.165, 1.54) is 12.2 Å². The standard InChI is InChI=1S/C10H12N2O2/c1-3-7-11-9(13)5-6-10(14)12-8-4-2/h3-4H,1-2,7-8H2,(H,11,13)(H,12,14). The van der Waals surface area contributed by atoms with Crippen molar-refractivity contribution in [3.05, 3.63) is 25.3 Å². The van der Waals surface area contributed by atoms with Crippen LogP contribution in [0, 0.1) is 11.8 Å². The number of hydrogen-bond acceptors (Lipinski definition) is 2. The van der Waals surface area contributed by atoms with Crippen LogP contribution < -0.4 is 10.6 Å². The predicted molar refractivity (Wildman–Crippen MR) is 54.2 cm³/mol. The van der Waals surface area contributed by atoms with Crippen LogP contribution in [0.2, 0.25) is 0 Å². The molecule has 4 nitrogen and oxygen atoms in total. The molecule has 0 radical (unpaired) electrons. The van der Waals surface area contributed by atoms with Crippen LogP contribution in [0.3, 0.4) is 0 Å². The van der Waals surface area contributed by atoms with Crippen LogP contribution in [0.5, 0.6) is 0 Å². The Morgan fingerprint density at radius 3 is 1.64 bits per heavy atom. The van der Waals surface area contributed by atoms with Crippen LogP contribution in [0.4, 0.5) is 0 Å². The number of nitrogens with one attached hydrogen (secondary N) is 2. The maximum absolute atomic E-state index is 10.8. The molecule has 0 rings (SSSR count). The predicted octanol–water partition coefficient (Wildman–Crippen LogP) is -0.406. The van der Waals surface area contributed by atoms with Crippen LogP contribution >= 0.6 is 0 Å². The highest BCUT2D eigenvalue weighted by molar-refractivity contribution is 6.02. The molecule has 0 spiro atoms. The third-order valence-corrected chi connectivity index (χ3v) is 1.10. The smallest absolute Gasteiger partial charge is 0.296 e. The maximum atomic E-state index is 10.8. The third kappa shape index (κ3) is 6.68. The van der Waals surface area contributed by atoms with Crippen molar-refractivity contribution < 1.29 is 9.59 Å². The molecule has 0 aliphatic heterocycles. The van der Waals surface area contributed by atoms with Crippen molar-refractivity contribution in [3.63, 3.8) is 0 Å². The highest BCUT2D eigenvalue weighted by atomic mass is 16.2. The fourth-order valence-electron chi connectivity index (χ4n) is 0.532. The fraction of sp³-hybridized carbons (Fsp3) is 0.200. The second kappa shape index (κ2) is 7.62. The summed E-state index contributed by atoms with van der Waals surface area (Å²) in [5.41, 5.74) is 0. The first kappa shape index (κ1) is 12.0. The van der Waals surface area contributed by atoms with Gasteiger partial charge in [0.1, 0.15) is 0 Å². The van der Waals surface area contributed by atoms with E-state index in [-0.39, 0.29) is 0 Å². The van der Waals surface area contributed by atoms with E-state index in [4.69, 9.17) is 0 Å². The van der Waals surface area contributed by atoms with E-state index in [2.05, 4.69) is 35.6 Å². The Morgan fingerprint density at radius 1 is 1.00 bits per heavy atom. The molecule has 0 unspecified atom stereocenters. The molecule has 0 aromatic rings. The van der Waals surface area contributed by atoms with Crippen LogP contribution in [0.15, 0.2) is 25.3 Å². The molecule has 0 saturated heterocycles. The summed E-state index contributed by atoms with van der Waals surface area (Å²) in [5.74, 6) is 3.26. The minimum atomic E-state index is -0.501. The zero-order chi connectivity index (χ0) is 10.8. The van der Waals surface area contributed by atoms with Crippen LogP contribution in [0.1, 0.15) is 0 Å². The van der Waals surface area contributed by atoms with E-state index >= 15 is 0 Å². The molecule has 0 aromatic heterocycles. The fourth-order valence-corrected chi connectivity index (χ4v) is 0.532. The molecule has 0 atom stereocenters. The molecule has 0 aliphatic carbocycles. The van der Waals surface area contributed by atoms with Crippen molar-refractivity contribution in [3.8, 4) is 11.8 Å². The lowest BCUT2D eigenvalue weighted by Crippen LogP contribution is -2.24. The van der Waals surface area contributed by atoms with Crippen LogP contribution in [0.25, 0.3) is 0 Å². The molecule has 4 heteroatoms. The van der Waals surface area contributed by atoms with Gasteiger partial charge >= 0.3 is 0 Å². The Hall–Kier alpha value is -2.02. The second-order valence-electron chi connectivity index (χ2n) is 2.25. The number of rotatable bonds is 4. The van der Waals surface area contributed by atoms with Crippen LogP contribution in [-0.2, 0) is 9.59 Å².